The van der Waals surface area contributed by atoms with Crippen LogP contribution in [0, 0.1) is 30.1 Å². The van der Waals surface area contributed by atoms with E-state index in [4.69, 9.17) is 20.9 Å². The molecule has 4 aliphatic rings. The lowest BCUT2D eigenvalue weighted by molar-refractivity contribution is -0.140. The summed E-state index contributed by atoms with van der Waals surface area (Å²) in [4.78, 5) is 42.6. The Balaban J connectivity index is 1.16. The molecule has 4 saturated carbocycles. The lowest BCUT2D eigenvalue weighted by Gasteiger charge is -2.55. The van der Waals surface area contributed by atoms with Crippen molar-refractivity contribution in [3.8, 4) is 0 Å². The fraction of sp³-hybridized carbons (Fsp3) is 0.462. The first-order chi connectivity index (χ1) is 16.8. The van der Waals surface area contributed by atoms with Crippen molar-refractivity contribution < 1.29 is 18.8 Å². The number of esters is 1. The minimum atomic E-state index is -0.600. The summed E-state index contributed by atoms with van der Waals surface area (Å²) < 4.78 is 11.7. The van der Waals surface area contributed by atoms with Crippen LogP contribution in [-0.4, -0.2) is 21.4 Å². The maximum absolute atomic E-state index is 13.4. The van der Waals surface area contributed by atoms with Crippen LogP contribution in [0.3, 0.4) is 0 Å². The summed E-state index contributed by atoms with van der Waals surface area (Å²) in [6, 6.07) is 7.58. The number of carbonyl (C=O) groups is 2. The van der Waals surface area contributed by atoms with Crippen LogP contribution in [0.1, 0.15) is 60.3 Å². The van der Waals surface area contributed by atoms with Crippen LogP contribution < -0.4 is 10.9 Å². The van der Waals surface area contributed by atoms with Crippen LogP contribution in [0.25, 0.3) is 5.65 Å². The Hall–Kier alpha value is -3.13. The van der Waals surface area contributed by atoms with Crippen molar-refractivity contribution in [2.24, 2.45) is 23.2 Å². The first-order valence-electron chi connectivity index (χ1n) is 12.1. The molecule has 182 valence electrons. The average Bonchev–Trinajstić information content (AvgIpc) is 3.19. The maximum atomic E-state index is 13.4. The molecule has 4 fully saturated rings. The predicted octanol–water partition coefficient (Wildman–Crippen LogP) is 4.76. The van der Waals surface area contributed by atoms with Crippen molar-refractivity contribution in [3.05, 3.63) is 62.7 Å². The minimum Gasteiger partial charge on any atom is -0.456 e. The largest absolute Gasteiger partial charge is 0.456 e. The number of carbonyl (C=O) groups excluding carboxylic acids is 2. The van der Waals surface area contributed by atoms with Gasteiger partial charge in [-0.05, 0) is 81.4 Å². The molecule has 7 rings (SSSR count). The third kappa shape index (κ3) is 4.03. The first-order valence-corrected chi connectivity index (χ1v) is 12.4. The average molecular weight is 496 g/mol. The molecule has 0 aliphatic heterocycles. The van der Waals surface area contributed by atoms with E-state index in [0.29, 0.717) is 45.6 Å². The molecular weight excluding hydrogens is 470 g/mol. The number of amides is 1. The maximum Gasteiger partial charge on any atom is 0.338 e. The Kier molecular flexibility index (Phi) is 5.25. The molecule has 0 spiro atoms. The Bertz CT molecular complexity index is 1370. The van der Waals surface area contributed by atoms with Gasteiger partial charge in [0.2, 0.25) is 5.91 Å². The SMILES string of the molecule is Cc1cc2nc(COC(=O)c3ccc(Cl)c(NC(=O)C45CC6CC(CC(C6)C4)C5)c3)cc(=O)n2o1. The van der Waals surface area contributed by atoms with Crippen molar-refractivity contribution in [2.75, 3.05) is 5.32 Å². The number of benzene rings is 1. The van der Waals surface area contributed by atoms with Crippen molar-refractivity contribution >= 4 is 34.8 Å². The molecule has 4 aliphatic carbocycles. The van der Waals surface area contributed by atoms with E-state index in [-0.39, 0.29) is 23.5 Å². The summed E-state index contributed by atoms with van der Waals surface area (Å²) >= 11 is 6.38. The molecule has 4 bridgehead atoms. The third-order valence-electron chi connectivity index (χ3n) is 7.85. The number of rotatable bonds is 5. The van der Waals surface area contributed by atoms with Crippen molar-refractivity contribution in [1.82, 2.24) is 9.56 Å². The monoisotopic (exact) mass is 495 g/mol. The predicted molar refractivity (Wildman–Crippen MR) is 128 cm³/mol. The molecule has 0 atom stereocenters. The summed E-state index contributed by atoms with van der Waals surface area (Å²) in [5.74, 6) is 1.91. The molecule has 1 aromatic carbocycles. The Labute approximate surface area is 206 Å². The molecule has 0 unspecified atom stereocenters. The number of nitrogens with one attached hydrogen (secondary N) is 1. The van der Waals surface area contributed by atoms with Gasteiger partial charge >= 0.3 is 5.97 Å². The van der Waals surface area contributed by atoms with E-state index in [1.165, 1.54) is 25.3 Å². The summed E-state index contributed by atoms with van der Waals surface area (Å²) in [6.45, 7) is 1.54. The van der Waals surface area contributed by atoms with Crippen LogP contribution in [0.15, 0.2) is 39.6 Å². The Morgan fingerprint density at radius 1 is 1.14 bits per heavy atom. The molecule has 35 heavy (non-hydrogen) atoms. The molecule has 9 heteroatoms. The van der Waals surface area contributed by atoms with Crippen molar-refractivity contribution in [1.29, 1.82) is 0 Å². The van der Waals surface area contributed by atoms with Gasteiger partial charge in [-0.2, -0.15) is 0 Å². The fourth-order valence-electron chi connectivity index (χ4n) is 6.76. The van der Waals surface area contributed by atoms with E-state index in [1.54, 1.807) is 31.2 Å². The van der Waals surface area contributed by atoms with E-state index in [0.717, 1.165) is 23.8 Å². The Morgan fingerprint density at radius 3 is 2.51 bits per heavy atom. The van der Waals surface area contributed by atoms with E-state index in [1.807, 2.05) is 0 Å². The molecule has 1 N–H and O–H groups in total. The number of hydrogen-bond donors (Lipinski definition) is 1. The van der Waals surface area contributed by atoms with Crippen molar-refractivity contribution in [2.45, 2.75) is 52.1 Å². The van der Waals surface area contributed by atoms with Crippen LogP contribution in [0.5, 0.6) is 0 Å². The minimum absolute atomic E-state index is 0.0115. The molecule has 0 saturated heterocycles. The van der Waals surface area contributed by atoms with Gasteiger partial charge in [-0.15, -0.1) is 4.57 Å². The third-order valence-corrected chi connectivity index (χ3v) is 8.18. The van der Waals surface area contributed by atoms with Gasteiger partial charge in [0, 0.05) is 12.1 Å². The zero-order valence-corrected chi connectivity index (χ0v) is 20.1. The molecule has 2 aromatic heterocycles. The van der Waals surface area contributed by atoms with Crippen LogP contribution in [-0.2, 0) is 16.1 Å². The number of ether oxygens (including phenoxy) is 1. The number of hydrogen-bond acceptors (Lipinski definition) is 6. The highest BCUT2D eigenvalue weighted by Crippen LogP contribution is 2.60. The number of fused-ring (bicyclic) bond motifs is 1. The normalized spacial score (nSPS) is 26.7. The van der Waals surface area contributed by atoms with Gasteiger partial charge in [0.25, 0.3) is 5.56 Å². The summed E-state index contributed by atoms with van der Waals surface area (Å²) in [7, 11) is 0. The number of anilines is 1. The summed E-state index contributed by atoms with van der Waals surface area (Å²) in [5, 5.41) is 3.39. The molecule has 2 heterocycles. The number of halogens is 1. The van der Waals surface area contributed by atoms with Crippen LogP contribution in [0.2, 0.25) is 5.02 Å². The van der Waals surface area contributed by atoms with Crippen molar-refractivity contribution in [3.63, 3.8) is 0 Å². The van der Waals surface area contributed by atoms with Crippen LogP contribution in [0.4, 0.5) is 5.69 Å². The zero-order valence-electron chi connectivity index (χ0n) is 19.4. The molecule has 8 nitrogen and oxygen atoms in total. The fourth-order valence-corrected chi connectivity index (χ4v) is 6.93. The summed E-state index contributed by atoms with van der Waals surface area (Å²) in [5.41, 5.74) is 0.616. The second-order valence-electron chi connectivity index (χ2n) is 10.5. The number of nitrogens with zero attached hydrogens (tertiary/aromatic N) is 2. The standard InChI is InChI=1S/C26H26ClN3O5/c1-14-4-22-28-19(9-23(31)30(22)35-14)13-34-24(32)18-2-3-20(27)21(8-18)29-25(33)26-10-15-5-16(11-26)7-17(6-15)12-26/h2-4,8-9,15-17H,5-7,10-13H2,1H3,(H,29,33). The van der Waals surface area contributed by atoms with Gasteiger partial charge in [-0.25, -0.2) is 9.78 Å². The van der Waals surface area contributed by atoms with Crippen LogP contribution >= 0.6 is 11.6 Å². The highest BCUT2D eigenvalue weighted by molar-refractivity contribution is 6.34. The number of aryl methyl sites for hydroxylation is 1. The van der Waals surface area contributed by atoms with E-state index >= 15 is 0 Å². The first kappa shape index (κ1) is 22.3. The second kappa shape index (κ2) is 8.22. The van der Waals surface area contributed by atoms with Gasteiger partial charge in [-0.1, -0.05) is 11.6 Å². The smallest absolute Gasteiger partial charge is 0.338 e. The highest BCUT2D eigenvalue weighted by Gasteiger charge is 2.54. The van der Waals surface area contributed by atoms with E-state index in [9.17, 15) is 14.4 Å². The van der Waals surface area contributed by atoms with Gasteiger partial charge in [0.15, 0.2) is 5.65 Å². The molecular formula is C26H26ClN3O5. The Morgan fingerprint density at radius 2 is 1.83 bits per heavy atom. The number of aromatic nitrogens is 2. The molecule has 1 amide bonds. The second-order valence-corrected chi connectivity index (χ2v) is 10.9. The van der Waals surface area contributed by atoms with E-state index in [2.05, 4.69) is 10.3 Å². The summed E-state index contributed by atoms with van der Waals surface area (Å²) in [6.07, 6.45) is 6.59. The van der Waals surface area contributed by atoms with Gasteiger partial charge < -0.3 is 14.6 Å². The molecule has 3 aromatic rings. The topological polar surface area (TPSA) is 103 Å². The quantitative estimate of drug-likeness (QED) is 0.512. The molecule has 0 radical (unpaired) electrons. The zero-order chi connectivity index (χ0) is 24.3. The van der Waals surface area contributed by atoms with Gasteiger partial charge in [-0.3, -0.25) is 9.59 Å². The lowest BCUT2D eigenvalue weighted by Crippen LogP contribution is -2.51. The van der Waals surface area contributed by atoms with Gasteiger partial charge in [0.1, 0.15) is 12.4 Å². The van der Waals surface area contributed by atoms with E-state index < -0.39 is 11.5 Å². The van der Waals surface area contributed by atoms with Gasteiger partial charge in [0.05, 0.1) is 27.4 Å². The highest BCUT2D eigenvalue weighted by atomic mass is 35.5. The lowest BCUT2D eigenvalue weighted by atomic mass is 9.49.